The lowest BCUT2D eigenvalue weighted by Crippen LogP contribution is -1.94. The van der Waals surface area contributed by atoms with Crippen LogP contribution < -0.4 is 9.47 Å². The Hall–Kier alpha value is -2.10. The Kier molecular flexibility index (Phi) is 1.99. The van der Waals surface area contributed by atoms with E-state index in [1.54, 1.807) is 0 Å². The molecule has 3 rings (SSSR count). The summed E-state index contributed by atoms with van der Waals surface area (Å²) in [5.41, 5.74) is 0.918. The van der Waals surface area contributed by atoms with Crippen molar-refractivity contribution < 1.29 is 13.9 Å². The van der Waals surface area contributed by atoms with Crippen molar-refractivity contribution in [2.24, 2.45) is 0 Å². The van der Waals surface area contributed by atoms with Crippen molar-refractivity contribution in [3.63, 3.8) is 0 Å². The number of para-hydroxylation sites is 1. The van der Waals surface area contributed by atoms with Crippen LogP contribution in [0.3, 0.4) is 0 Å². The molecular formula is C12H8FNO2. The Morgan fingerprint density at radius 3 is 3.00 bits per heavy atom. The maximum Gasteiger partial charge on any atom is 0.258 e. The molecule has 2 heterocycles. The molecule has 4 heteroatoms. The maximum atomic E-state index is 13.0. The van der Waals surface area contributed by atoms with E-state index in [2.05, 4.69) is 4.98 Å². The fraction of sp³-hybridized carbons (Fsp3) is 0.0833. The van der Waals surface area contributed by atoms with Crippen LogP contribution in [0.1, 0.15) is 5.56 Å². The summed E-state index contributed by atoms with van der Waals surface area (Å²) in [5.74, 6) is 0.859. The van der Waals surface area contributed by atoms with Gasteiger partial charge in [-0.1, -0.05) is 18.2 Å². The lowest BCUT2D eigenvalue weighted by atomic mass is 10.2. The zero-order valence-electron chi connectivity index (χ0n) is 8.31. The topological polar surface area (TPSA) is 31.4 Å². The van der Waals surface area contributed by atoms with Gasteiger partial charge < -0.3 is 9.47 Å². The summed E-state index contributed by atoms with van der Waals surface area (Å²) in [5, 5.41) is 0. The Balaban J connectivity index is 2.10. The van der Waals surface area contributed by atoms with Crippen molar-refractivity contribution in [1.29, 1.82) is 0 Å². The third kappa shape index (κ3) is 1.48. The van der Waals surface area contributed by atoms with Gasteiger partial charge in [-0.2, -0.15) is 0 Å². The first-order valence-electron chi connectivity index (χ1n) is 4.87. The van der Waals surface area contributed by atoms with Crippen molar-refractivity contribution in [1.82, 2.24) is 4.98 Å². The monoisotopic (exact) mass is 217 g/mol. The summed E-state index contributed by atoms with van der Waals surface area (Å²) < 4.78 is 24.0. The van der Waals surface area contributed by atoms with E-state index in [4.69, 9.17) is 9.47 Å². The summed E-state index contributed by atoms with van der Waals surface area (Å²) in [7, 11) is 0. The number of hydrogen-bond donors (Lipinski definition) is 0. The molecule has 1 aliphatic heterocycles. The van der Waals surface area contributed by atoms with Crippen molar-refractivity contribution in [2.75, 3.05) is 0 Å². The normalized spacial score (nSPS) is 12.8. The number of rotatable bonds is 0. The van der Waals surface area contributed by atoms with Gasteiger partial charge in [-0.25, -0.2) is 9.37 Å². The molecule has 3 nitrogen and oxygen atoms in total. The predicted octanol–water partition coefficient (Wildman–Crippen LogP) is 2.91. The van der Waals surface area contributed by atoms with E-state index in [-0.39, 0.29) is 0 Å². The number of benzene rings is 1. The summed E-state index contributed by atoms with van der Waals surface area (Å²) in [4.78, 5) is 3.84. The molecule has 2 aromatic rings. The molecule has 0 amide bonds. The van der Waals surface area contributed by atoms with Gasteiger partial charge in [0.1, 0.15) is 18.2 Å². The third-order valence-corrected chi connectivity index (χ3v) is 2.34. The molecule has 0 atom stereocenters. The minimum atomic E-state index is -0.443. The van der Waals surface area contributed by atoms with Gasteiger partial charge in [-0.05, 0) is 6.07 Å². The number of fused-ring (bicyclic) bond motifs is 2. The molecule has 0 fully saturated rings. The smallest absolute Gasteiger partial charge is 0.258 e. The fourth-order valence-electron chi connectivity index (χ4n) is 1.58. The van der Waals surface area contributed by atoms with Gasteiger partial charge in [0.15, 0.2) is 5.75 Å². The zero-order chi connectivity index (χ0) is 11.0. The van der Waals surface area contributed by atoms with Crippen LogP contribution in [0, 0.1) is 5.82 Å². The Bertz CT molecular complexity index is 542. The van der Waals surface area contributed by atoms with Crippen molar-refractivity contribution in [3.8, 4) is 17.4 Å². The van der Waals surface area contributed by atoms with E-state index >= 15 is 0 Å². The van der Waals surface area contributed by atoms with Crippen LogP contribution in [-0.2, 0) is 6.61 Å². The molecule has 0 unspecified atom stereocenters. The zero-order valence-corrected chi connectivity index (χ0v) is 8.31. The van der Waals surface area contributed by atoms with Crippen molar-refractivity contribution in [3.05, 3.63) is 47.9 Å². The van der Waals surface area contributed by atoms with E-state index in [9.17, 15) is 4.39 Å². The second-order valence-electron chi connectivity index (χ2n) is 3.46. The lowest BCUT2D eigenvalue weighted by molar-refractivity contribution is 0.293. The second-order valence-corrected chi connectivity index (χ2v) is 3.46. The summed E-state index contributed by atoms with van der Waals surface area (Å²) in [6, 6.07) is 8.74. The van der Waals surface area contributed by atoms with E-state index < -0.39 is 5.82 Å². The quantitative estimate of drug-likeness (QED) is 0.679. The van der Waals surface area contributed by atoms with Crippen molar-refractivity contribution >= 4 is 0 Å². The number of halogens is 1. The average Bonchev–Trinajstić information content (AvgIpc) is 2.47. The third-order valence-electron chi connectivity index (χ3n) is 2.34. The molecule has 0 saturated carbocycles. The highest BCUT2D eigenvalue weighted by Gasteiger charge is 2.16. The minimum Gasteiger partial charge on any atom is -0.470 e. The fourth-order valence-corrected chi connectivity index (χ4v) is 1.58. The van der Waals surface area contributed by atoms with E-state index in [0.29, 0.717) is 24.0 Å². The molecule has 0 radical (unpaired) electrons. The van der Waals surface area contributed by atoms with Gasteiger partial charge in [-0.3, -0.25) is 0 Å². The van der Waals surface area contributed by atoms with E-state index in [0.717, 1.165) is 11.8 Å². The molecule has 0 saturated heterocycles. The summed E-state index contributed by atoms with van der Waals surface area (Å²) >= 11 is 0. The van der Waals surface area contributed by atoms with Crippen LogP contribution in [0.4, 0.5) is 4.39 Å². The molecule has 0 bridgehead atoms. The van der Waals surface area contributed by atoms with Crippen LogP contribution in [0.5, 0.6) is 17.4 Å². The van der Waals surface area contributed by atoms with Crippen molar-refractivity contribution in [2.45, 2.75) is 6.61 Å². The summed E-state index contributed by atoms with van der Waals surface area (Å²) in [6.45, 7) is 0.377. The first-order valence-corrected chi connectivity index (χ1v) is 4.87. The Labute approximate surface area is 91.5 Å². The molecule has 80 valence electrons. The number of ether oxygens (including phenoxy) is 2. The highest BCUT2D eigenvalue weighted by molar-refractivity contribution is 5.43. The average molecular weight is 217 g/mol. The number of hydrogen-bond acceptors (Lipinski definition) is 3. The molecule has 1 aromatic heterocycles. The predicted molar refractivity (Wildman–Crippen MR) is 55.0 cm³/mol. The molecular weight excluding hydrogens is 209 g/mol. The lowest BCUT2D eigenvalue weighted by Gasteiger charge is -2.05. The van der Waals surface area contributed by atoms with Gasteiger partial charge in [0, 0.05) is 11.6 Å². The molecule has 0 spiro atoms. The molecule has 16 heavy (non-hydrogen) atoms. The highest BCUT2D eigenvalue weighted by Crippen LogP contribution is 2.35. The molecule has 0 aliphatic carbocycles. The van der Waals surface area contributed by atoms with E-state index in [1.807, 2.05) is 24.3 Å². The van der Waals surface area contributed by atoms with Crippen LogP contribution in [0.25, 0.3) is 0 Å². The number of pyridine rings is 1. The molecule has 0 N–H and O–H groups in total. The van der Waals surface area contributed by atoms with Gasteiger partial charge in [0.05, 0.1) is 6.20 Å². The minimum absolute atomic E-state index is 0.310. The first kappa shape index (κ1) is 9.15. The largest absolute Gasteiger partial charge is 0.470 e. The van der Waals surface area contributed by atoms with Gasteiger partial charge in [0.2, 0.25) is 0 Å². The molecule has 1 aliphatic rings. The van der Waals surface area contributed by atoms with Gasteiger partial charge in [0.25, 0.3) is 5.88 Å². The maximum absolute atomic E-state index is 13.0. The van der Waals surface area contributed by atoms with Crippen LogP contribution in [-0.4, -0.2) is 4.98 Å². The standard InChI is InChI=1S/C12H8FNO2/c13-9-5-11-12(14-6-9)15-7-8-3-1-2-4-10(8)16-11/h1-6H,7H2. The first-order chi connectivity index (χ1) is 7.83. The number of aromatic nitrogens is 1. The molecule has 1 aromatic carbocycles. The Morgan fingerprint density at radius 2 is 2.06 bits per heavy atom. The van der Waals surface area contributed by atoms with Crippen LogP contribution >= 0.6 is 0 Å². The second kappa shape index (κ2) is 3.48. The van der Waals surface area contributed by atoms with Crippen LogP contribution in [0.2, 0.25) is 0 Å². The Morgan fingerprint density at radius 1 is 1.19 bits per heavy atom. The highest BCUT2D eigenvalue weighted by atomic mass is 19.1. The SMILES string of the molecule is Fc1cnc2c(c1)Oc1ccccc1CO2. The van der Waals surface area contributed by atoms with E-state index in [1.165, 1.54) is 6.07 Å². The van der Waals surface area contributed by atoms with Gasteiger partial charge in [-0.15, -0.1) is 0 Å². The number of nitrogens with zero attached hydrogens (tertiary/aromatic N) is 1. The summed E-state index contributed by atoms with van der Waals surface area (Å²) in [6.07, 6.45) is 1.11. The van der Waals surface area contributed by atoms with Gasteiger partial charge >= 0.3 is 0 Å². The van der Waals surface area contributed by atoms with Crippen LogP contribution in [0.15, 0.2) is 36.5 Å².